The number of nitrogens with zero attached hydrogens (tertiary/aromatic N) is 6. The van der Waals surface area contributed by atoms with Gasteiger partial charge in [-0.2, -0.15) is 0 Å². The zero-order chi connectivity index (χ0) is 49.0. The quantitative estimate of drug-likeness (QED) is 0.163. The zero-order valence-electron chi connectivity index (χ0n) is 38.8. The molecule has 20 heteroatoms. The van der Waals surface area contributed by atoms with Crippen molar-refractivity contribution < 1.29 is 37.6 Å². The summed E-state index contributed by atoms with van der Waals surface area (Å²) in [5.74, 6) is 1.99. The third-order valence-electron chi connectivity index (χ3n) is 15.6. The Morgan fingerprint density at radius 3 is 1.59 bits per heavy atom. The Balaban J connectivity index is 0.000000222. The minimum absolute atomic E-state index is 0. The van der Waals surface area contributed by atoms with Crippen LogP contribution in [0.5, 0.6) is 5.75 Å². The van der Waals surface area contributed by atoms with Crippen LogP contribution in [0.25, 0.3) is 11.1 Å². The fourth-order valence-corrected chi connectivity index (χ4v) is 13.2. The van der Waals surface area contributed by atoms with Crippen molar-refractivity contribution in [2.24, 2.45) is 42.6 Å². The molecule has 4 heterocycles. The number of guanidine groups is 2. The van der Waals surface area contributed by atoms with E-state index in [1.807, 2.05) is 23.0 Å². The number of aliphatic imine (C=N–C) groups is 2. The monoisotopic (exact) mass is 1140 g/mol. The molecule has 2 fully saturated rings. The van der Waals surface area contributed by atoms with E-state index in [9.17, 15) is 8.78 Å². The molecule has 0 aromatic heterocycles. The summed E-state index contributed by atoms with van der Waals surface area (Å²) in [4.78, 5) is 25.4. The number of fused-ring (bicyclic) bond motifs is 10. The van der Waals surface area contributed by atoms with Gasteiger partial charge < -0.3 is 40.3 Å². The molecule has 2 saturated carbocycles. The number of oxime groups is 2. The van der Waals surface area contributed by atoms with Crippen LogP contribution in [0.15, 0.2) is 97.6 Å². The molecule has 2 unspecified atom stereocenters. The van der Waals surface area contributed by atoms with Gasteiger partial charge in [0.1, 0.15) is 30.6 Å². The van der Waals surface area contributed by atoms with Gasteiger partial charge >= 0.3 is 7.69 Å². The van der Waals surface area contributed by atoms with Crippen LogP contribution in [-0.2, 0) is 43.1 Å². The van der Waals surface area contributed by atoms with Gasteiger partial charge in [0.25, 0.3) is 0 Å². The van der Waals surface area contributed by atoms with Crippen molar-refractivity contribution in [1.82, 2.24) is 9.80 Å². The van der Waals surface area contributed by atoms with Crippen LogP contribution in [-0.4, -0.2) is 98.8 Å². The Morgan fingerprint density at radius 1 is 0.653 bits per heavy atom. The van der Waals surface area contributed by atoms with E-state index in [1.165, 1.54) is 34.9 Å². The van der Waals surface area contributed by atoms with E-state index in [-0.39, 0.29) is 70.7 Å². The molecule has 4 aromatic rings. The topological polar surface area (TPSA) is 174 Å². The molecule has 4 spiro atoms. The lowest BCUT2D eigenvalue weighted by molar-refractivity contribution is 0.00904. The molecule has 0 bridgehead atoms. The summed E-state index contributed by atoms with van der Waals surface area (Å²) in [5, 5.41) is 17.8. The first-order chi connectivity index (χ1) is 33.8. The minimum Gasteiger partial charge on any atom is -0.537 e. The van der Waals surface area contributed by atoms with Crippen molar-refractivity contribution in [3.63, 3.8) is 0 Å². The molecule has 0 saturated heterocycles. The van der Waals surface area contributed by atoms with Crippen LogP contribution in [0.4, 0.5) is 8.78 Å². The van der Waals surface area contributed by atoms with Crippen LogP contribution in [0.2, 0.25) is 10.0 Å². The summed E-state index contributed by atoms with van der Waals surface area (Å²) in [7, 11) is 4.06. The highest BCUT2D eigenvalue weighted by Gasteiger charge is 2.67. The summed E-state index contributed by atoms with van der Waals surface area (Å²) < 4.78 is 43.5. The van der Waals surface area contributed by atoms with E-state index in [4.69, 9.17) is 68.8 Å². The number of benzene rings is 4. The number of amidine groups is 2. The normalized spacial score (nSPS) is 26.8. The van der Waals surface area contributed by atoms with E-state index in [0.717, 1.165) is 109 Å². The van der Waals surface area contributed by atoms with Crippen molar-refractivity contribution in [3.05, 3.63) is 121 Å². The summed E-state index contributed by atoms with van der Waals surface area (Å²) in [6.07, 6.45) is 10.4. The highest BCUT2D eigenvalue weighted by atomic mass is 79.9. The second-order valence-corrected chi connectivity index (χ2v) is 20.9. The van der Waals surface area contributed by atoms with Crippen molar-refractivity contribution in [1.29, 1.82) is 0 Å². The minimum atomic E-state index is -0.724. The lowest BCUT2D eigenvalue weighted by atomic mass is 9.61. The number of rotatable bonds is 5. The molecule has 407 valence electrons. The van der Waals surface area contributed by atoms with Gasteiger partial charge in [-0.05, 0) is 146 Å². The first-order valence-corrected chi connectivity index (χ1v) is 25.0. The predicted molar refractivity (Wildman–Crippen MR) is 302 cm³/mol. The van der Waals surface area contributed by atoms with E-state index in [2.05, 4.69) is 61.2 Å². The van der Waals surface area contributed by atoms with Gasteiger partial charge in [-0.15, -0.1) is 0 Å². The Hall–Kier alpha value is -4.98. The SMILES string of the molecule is C.C.C.C.C.COC1CCC2(CC1)Cc1ccc(-c3cc(F)cc(Cl)c3)cc1C21N=C(N)N2CCON=C21.COC1CCC2(CC1)Cc1ccc(Br)cc1C21N=C(N)N2CCON=C21.O[B]Oc1cc(F)cc(Cl)c1. The highest BCUT2D eigenvalue weighted by molar-refractivity contribution is 9.10. The Labute approximate surface area is 461 Å². The molecule has 1 radical (unpaired) electrons. The maximum Gasteiger partial charge on any atom is 0.569 e. The summed E-state index contributed by atoms with van der Waals surface area (Å²) in [6.45, 7) is 2.35. The van der Waals surface area contributed by atoms with Crippen molar-refractivity contribution in [2.75, 3.05) is 40.5 Å². The van der Waals surface area contributed by atoms with Crippen LogP contribution >= 0.6 is 39.1 Å². The number of ether oxygens (including phenoxy) is 2. The molecule has 12 rings (SSSR count). The molecule has 5 N–H and O–H groups in total. The highest BCUT2D eigenvalue weighted by Crippen LogP contribution is 2.64. The van der Waals surface area contributed by atoms with Crippen LogP contribution in [0.1, 0.15) is 111 Å². The number of nitrogens with two attached hydrogens (primary N) is 2. The second-order valence-electron chi connectivity index (χ2n) is 19.1. The lowest BCUT2D eigenvalue weighted by Gasteiger charge is -2.46. The molecular weight excluding hydrogens is 1070 g/mol. The standard InChI is InChI=1S/C25H26ClFN4O2.C19H23BrN4O2.C6H4BClFO2.5CH4/c1-32-20-4-6-24(7-5-20)14-16-3-2-15(17-10-18(26)13-19(27)11-17)12-21(16)25(24)22-30-33-9-8-31(22)23(28)29-25;1-25-14-4-6-18(7-5-14)11-12-2-3-13(20)10-15(12)19(18)16-23-26-9-8-24(16)17(21)22-19;8-4-1-5(9)3-6(2-4)11-7-10;;;;;/h2-3,10-13,20H,4-9,14H2,1H3,(H2,28,29);2-3,10,14H,4-9,11H2,1H3,(H2,21,22);1-3,10H;5*1H4. The largest absolute Gasteiger partial charge is 0.569 e. The van der Waals surface area contributed by atoms with Crippen LogP contribution in [0.3, 0.4) is 0 Å². The summed E-state index contributed by atoms with van der Waals surface area (Å²) in [5.41, 5.74) is 17.9. The number of hydrogen-bond acceptors (Lipinski definition) is 14. The molecule has 75 heavy (non-hydrogen) atoms. The molecule has 2 atom stereocenters. The average molecular weight is 1140 g/mol. The van der Waals surface area contributed by atoms with Crippen LogP contribution in [0, 0.1) is 22.5 Å². The van der Waals surface area contributed by atoms with Gasteiger partial charge in [-0.3, -0.25) is 9.80 Å². The van der Waals surface area contributed by atoms with E-state index in [0.29, 0.717) is 57.0 Å². The number of hydrogen-bond donors (Lipinski definition) is 3. The van der Waals surface area contributed by atoms with E-state index in [1.54, 1.807) is 13.2 Å². The third-order valence-corrected chi connectivity index (χ3v) is 16.5. The van der Waals surface area contributed by atoms with Crippen molar-refractivity contribution in [2.45, 2.75) is 125 Å². The molecule has 4 aliphatic carbocycles. The number of methoxy groups -OCH3 is 2. The van der Waals surface area contributed by atoms with Gasteiger partial charge in [0, 0.05) is 45.6 Å². The van der Waals surface area contributed by atoms with E-state index >= 15 is 0 Å². The molecule has 8 aliphatic rings. The molecule has 4 aliphatic heterocycles. The fourth-order valence-electron chi connectivity index (χ4n) is 12.5. The van der Waals surface area contributed by atoms with E-state index < -0.39 is 16.9 Å². The number of halogens is 5. The van der Waals surface area contributed by atoms with Gasteiger partial charge in [0.05, 0.1) is 25.3 Å². The Morgan fingerprint density at radius 2 is 1.12 bits per heavy atom. The first kappa shape index (κ1) is 60.9. The molecule has 0 amide bonds. The maximum absolute atomic E-state index is 14.1. The summed E-state index contributed by atoms with van der Waals surface area (Å²) >= 11 is 15.3. The molecular formula is C55H73BBrCl2F2N8O6. The first-order valence-electron chi connectivity index (χ1n) is 23.5. The average Bonchev–Trinajstić information content (AvgIpc) is 4.01. The molecule has 14 nitrogen and oxygen atoms in total. The zero-order valence-corrected chi connectivity index (χ0v) is 41.9. The second kappa shape index (κ2) is 24.1. The van der Waals surface area contributed by atoms with Gasteiger partial charge in [0.2, 0.25) is 0 Å². The molecule has 4 aromatic carbocycles. The Kier molecular flexibility index (Phi) is 19.6. The van der Waals surface area contributed by atoms with Crippen molar-refractivity contribution >= 4 is 70.4 Å². The van der Waals surface area contributed by atoms with Crippen LogP contribution < -0.4 is 16.1 Å². The Bertz CT molecular complexity index is 2770. The smallest absolute Gasteiger partial charge is 0.537 e. The van der Waals surface area contributed by atoms with Gasteiger partial charge in [-0.1, -0.05) is 105 Å². The fraction of sp³-hybridized carbons (Fsp3) is 0.491. The van der Waals surface area contributed by atoms with Gasteiger partial charge in [0.15, 0.2) is 34.7 Å². The lowest BCUT2D eigenvalue weighted by Crippen LogP contribution is -2.53. The predicted octanol–water partition coefficient (Wildman–Crippen LogP) is 11.8. The summed E-state index contributed by atoms with van der Waals surface area (Å²) in [6, 6.07) is 21.1. The maximum atomic E-state index is 14.1. The van der Waals surface area contributed by atoms with Gasteiger partial charge in [-0.25, -0.2) is 18.8 Å². The van der Waals surface area contributed by atoms with Crippen molar-refractivity contribution in [3.8, 4) is 16.9 Å². The third kappa shape index (κ3) is 10.5.